The minimum absolute atomic E-state index is 0.486. The predicted molar refractivity (Wildman–Crippen MR) is 83.6 cm³/mol. The van der Waals surface area contributed by atoms with Gasteiger partial charge in [-0.2, -0.15) is 5.26 Å². The summed E-state index contributed by atoms with van der Waals surface area (Å²) in [4.78, 5) is 10.6. The molecule has 1 aliphatic rings. The standard InChI is InChI=1S/C17H18N4O/c18-10-14-3-4-17(20-11-14)21-9-1-2-15(12-21)13-22-16-5-7-19-8-6-16/h3-8,11,15H,1-2,9,12-13H2. The first-order chi connectivity index (χ1) is 10.8. The van der Waals surface area contributed by atoms with Gasteiger partial charge < -0.3 is 9.64 Å². The van der Waals surface area contributed by atoms with Crippen molar-refractivity contribution in [2.45, 2.75) is 12.8 Å². The lowest BCUT2D eigenvalue weighted by atomic mass is 9.99. The Hall–Kier alpha value is -2.61. The maximum Gasteiger partial charge on any atom is 0.128 e. The lowest BCUT2D eigenvalue weighted by molar-refractivity contribution is 0.228. The first kappa shape index (κ1) is 14.3. The third-order valence-corrected chi connectivity index (χ3v) is 3.86. The van der Waals surface area contributed by atoms with Crippen molar-refractivity contribution < 1.29 is 4.74 Å². The van der Waals surface area contributed by atoms with Crippen LogP contribution in [0, 0.1) is 17.2 Å². The van der Waals surface area contributed by atoms with E-state index in [0.717, 1.165) is 37.5 Å². The van der Waals surface area contributed by atoms with Gasteiger partial charge in [-0.05, 0) is 37.1 Å². The highest BCUT2D eigenvalue weighted by molar-refractivity contribution is 5.42. The van der Waals surface area contributed by atoms with Crippen molar-refractivity contribution in [1.29, 1.82) is 5.26 Å². The number of hydrogen-bond donors (Lipinski definition) is 0. The quantitative estimate of drug-likeness (QED) is 0.867. The summed E-state index contributed by atoms with van der Waals surface area (Å²) < 4.78 is 5.84. The second-order valence-electron chi connectivity index (χ2n) is 5.47. The highest BCUT2D eigenvalue weighted by Gasteiger charge is 2.21. The van der Waals surface area contributed by atoms with Gasteiger partial charge in [0.25, 0.3) is 0 Å². The van der Waals surface area contributed by atoms with Crippen molar-refractivity contribution in [3.05, 3.63) is 48.4 Å². The number of pyridine rings is 2. The van der Waals surface area contributed by atoms with E-state index in [1.54, 1.807) is 18.6 Å². The molecule has 2 aromatic rings. The fourth-order valence-electron chi connectivity index (χ4n) is 2.70. The summed E-state index contributed by atoms with van der Waals surface area (Å²) in [6.45, 7) is 2.64. The summed E-state index contributed by atoms with van der Waals surface area (Å²) in [5.41, 5.74) is 0.596. The molecule has 0 spiro atoms. The highest BCUT2D eigenvalue weighted by atomic mass is 16.5. The average Bonchev–Trinajstić information content (AvgIpc) is 2.61. The minimum atomic E-state index is 0.486. The van der Waals surface area contributed by atoms with Gasteiger partial charge in [0, 0.05) is 37.6 Å². The van der Waals surface area contributed by atoms with Crippen LogP contribution in [0.15, 0.2) is 42.9 Å². The van der Waals surface area contributed by atoms with Crippen molar-refractivity contribution >= 4 is 5.82 Å². The molecule has 3 rings (SSSR count). The molecular formula is C17H18N4O. The van der Waals surface area contributed by atoms with Crippen LogP contribution in [0.3, 0.4) is 0 Å². The Morgan fingerprint density at radius 3 is 2.86 bits per heavy atom. The molecule has 1 saturated heterocycles. The Bertz CT molecular complexity index is 636. The van der Waals surface area contributed by atoms with E-state index in [-0.39, 0.29) is 0 Å². The molecule has 1 fully saturated rings. The van der Waals surface area contributed by atoms with Gasteiger partial charge in [-0.1, -0.05) is 0 Å². The van der Waals surface area contributed by atoms with Crippen LogP contribution in [0.5, 0.6) is 5.75 Å². The number of aromatic nitrogens is 2. The molecule has 22 heavy (non-hydrogen) atoms. The molecule has 3 heterocycles. The molecule has 1 aliphatic heterocycles. The van der Waals surface area contributed by atoms with Gasteiger partial charge in [0.2, 0.25) is 0 Å². The van der Waals surface area contributed by atoms with Crippen LogP contribution in [-0.4, -0.2) is 29.7 Å². The topological polar surface area (TPSA) is 62.0 Å². The van der Waals surface area contributed by atoms with Crippen LogP contribution in [-0.2, 0) is 0 Å². The summed E-state index contributed by atoms with van der Waals surface area (Å²) in [6, 6.07) is 9.59. The molecule has 112 valence electrons. The largest absolute Gasteiger partial charge is 0.493 e. The van der Waals surface area contributed by atoms with Gasteiger partial charge in [-0.25, -0.2) is 4.98 Å². The first-order valence-electron chi connectivity index (χ1n) is 7.49. The molecule has 0 bridgehead atoms. The van der Waals surface area contributed by atoms with E-state index in [1.807, 2.05) is 24.3 Å². The number of anilines is 1. The number of nitriles is 1. The highest BCUT2D eigenvalue weighted by Crippen LogP contribution is 2.22. The van der Waals surface area contributed by atoms with Crippen LogP contribution in [0.4, 0.5) is 5.82 Å². The van der Waals surface area contributed by atoms with Gasteiger partial charge in [0.1, 0.15) is 17.6 Å². The molecule has 0 radical (unpaired) electrons. The van der Waals surface area contributed by atoms with Gasteiger partial charge in [0.15, 0.2) is 0 Å². The van der Waals surface area contributed by atoms with Crippen molar-refractivity contribution in [3.8, 4) is 11.8 Å². The van der Waals surface area contributed by atoms with Crippen LogP contribution in [0.25, 0.3) is 0 Å². The van der Waals surface area contributed by atoms with E-state index in [0.29, 0.717) is 18.1 Å². The molecule has 2 aromatic heterocycles. The zero-order valence-corrected chi connectivity index (χ0v) is 12.4. The normalized spacial score (nSPS) is 17.8. The molecule has 5 heteroatoms. The summed E-state index contributed by atoms with van der Waals surface area (Å²) in [5.74, 6) is 2.29. The average molecular weight is 294 g/mol. The second kappa shape index (κ2) is 6.90. The maximum absolute atomic E-state index is 8.83. The SMILES string of the molecule is N#Cc1ccc(N2CCCC(COc3ccncc3)C2)nc1. The number of nitrogens with zero attached hydrogens (tertiary/aromatic N) is 4. The van der Waals surface area contributed by atoms with E-state index in [9.17, 15) is 0 Å². The third kappa shape index (κ3) is 3.53. The summed E-state index contributed by atoms with van der Waals surface area (Å²) in [7, 11) is 0. The van der Waals surface area contributed by atoms with E-state index < -0.39 is 0 Å². The van der Waals surface area contributed by atoms with Crippen LogP contribution < -0.4 is 9.64 Å². The van der Waals surface area contributed by atoms with Gasteiger partial charge in [0.05, 0.1) is 12.2 Å². The van der Waals surface area contributed by atoms with Gasteiger partial charge in [-0.15, -0.1) is 0 Å². The Balaban J connectivity index is 1.58. The number of piperidine rings is 1. The molecule has 0 amide bonds. The van der Waals surface area contributed by atoms with Crippen molar-refractivity contribution in [1.82, 2.24) is 9.97 Å². The molecule has 0 aromatic carbocycles. The van der Waals surface area contributed by atoms with Crippen LogP contribution in [0.1, 0.15) is 18.4 Å². The lowest BCUT2D eigenvalue weighted by Gasteiger charge is -2.33. The van der Waals surface area contributed by atoms with Gasteiger partial charge >= 0.3 is 0 Å². The van der Waals surface area contributed by atoms with E-state index in [1.165, 1.54) is 0 Å². The summed E-state index contributed by atoms with van der Waals surface area (Å²) in [5, 5.41) is 8.83. The first-order valence-corrected chi connectivity index (χ1v) is 7.49. The molecule has 1 unspecified atom stereocenters. The van der Waals surface area contributed by atoms with E-state index in [4.69, 9.17) is 10.00 Å². The molecule has 1 atom stereocenters. The predicted octanol–water partition coefficient (Wildman–Crippen LogP) is 2.64. The summed E-state index contributed by atoms with van der Waals surface area (Å²) >= 11 is 0. The fourth-order valence-corrected chi connectivity index (χ4v) is 2.70. The zero-order valence-electron chi connectivity index (χ0n) is 12.4. The zero-order chi connectivity index (χ0) is 15.2. The Morgan fingerprint density at radius 2 is 2.14 bits per heavy atom. The fraction of sp³-hybridized carbons (Fsp3) is 0.353. The number of hydrogen-bond acceptors (Lipinski definition) is 5. The van der Waals surface area contributed by atoms with Crippen molar-refractivity contribution in [2.75, 3.05) is 24.6 Å². The lowest BCUT2D eigenvalue weighted by Crippen LogP contribution is -2.38. The van der Waals surface area contributed by atoms with Crippen molar-refractivity contribution in [2.24, 2.45) is 5.92 Å². The minimum Gasteiger partial charge on any atom is -0.493 e. The molecule has 0 N–H and O–H groups in total. The summed E-state index contributed by atoms with van der Waals surface area (Å²) in [6.07, 6.45) is 7.41. The molecule has 0 aliphatic carbocycles. The number of rotatable bonds is 4. The molecular weight excluding hydrogens is 276 g/mol. The maximum atomic E-state index is 8.83. The van der Waals surface area contributed by atoms with Crippen molar-refractivity contribution in [3.63, 3.8) is 0 Å². The van der Waals surface area contributed by atoms with Gasteiger partial charge in [-0.3, -0.25) is 4.98 Å². The van der Waals surface area contributed by atoms with E-state index >= 15 is 0 Å². The smallest absolute Gasteiger partial charge is 0.128 e. The van der Waals surface area contributed by atoms with Crippen LogP contribution in [0.2, 0.25) is 0 Å². The number of ether oxygens (including phenoxy) is 1. The third-order valence-electron chi connectivity index (χ3n) is 3.86. The van der Waals surface area contributed by atoms with Crippen LogP contribution >= 0.6 is 0 Å². The van der Waals surface area contributed by atoms with E-state index in [2.05, 4.69) is 20.9 Å². The molecule has 0 saturated carbocycles. The Morgan fingerprint density at radius 1 is 1.27 bits per heavy atom. The second-order valence-corrected chi connectivity index (χ2v) is 5.47. The Labute approximate surface area is 130 Å². The Kier molecular flexibility index (Phi) is 4.50. The molecule has 5 nitrogen and oxygen atoms in total. The monoisotopic (exact) mass is 294 g/mol.